The number of hydrogen-bond acceptors (Lipinski definition) is 2. The fraction of sp³-hybridized carbons (Fsp3) is 0.625. The van der Waals surface area contributed by atoms with Gasteiger partial charge in [0.2, 0.25) is 0 Å². The number of benzene rings is 1. The van der Waals surface area contributed by atoms with Gasteiger partial charge in [0.15, 0.2) is 0 Å². The molecule has 0 bridgehead atoms. The zero-order valence-electron chi connectivity index (χ0n) is 11.4. The van der Waals surface area contributed by atoms with E-state index in [1.807, 2.05) is 0 Å². The van der Waals surface area contributed by atoms with E-state index in [-0.39, 0.29) is 6.10 Å². The Morgan fingerprint density at radius 2 is 2.00 bits per heavy atom. The monoisotopic (exact) mass is 247 g/mol. The molecular weight excluding hydrogens is 222 g/mol. The number of hydrogen-bond donors (Lipinski definition) is 1. The van der Waals surface area contributed by atoms with E-state index in [0.29, 0.717) is 5.92 Å². The second-order valence-electron chi connectivity index (χ2n) is 5.39. The van der Waals surface area contributed by atoms with E-state index in [1.165, 1.54) is 31.4 Å². The largest absolute Gasteiger partial charge is 0.393 e. The Morgan fingerprint density at radius 3 is 2.61 bits per heavy atom. The highest BCUT2D eigenvalue weighted by Gasteiger charge is 2.26. The molecule has 0 saturated heterocycles. The number of nitrogens with zero attached hydrogens (tertiary/aromatic N) is 1. The maximum Gasteiger partial charge on any atom is 0.0585 e. The van der Waals surface area contributed by atoms with Crippen molar-refractivity contribution in [1.82, 2.24) is 0 Å². The molecule has 2 unspecified atom stereocenters. The summed E-state index contributed by atoms with van der Waals surface area (Å²) in [5, 5.41) is 9.98. The van der Waals surface area contributed by atoms with Gasteiger partial charge in [0.25, 0.3) is 0 Å². The summed E-state index contributed by atoms with van der Waals surface area (Å²) < 4.78 is 0. The minimum absolute atomic E-state index is 0.0853. The smallest absolute Gasteiger partial charge is 0.0585 e. The van der Waals surface area contributed by atoms with Crippen LogP contribution >= 0.6 is 0 Å². The summed E-state index contributed by atoms with van der Waals surface area (Å²) in [5.41, 5.74) is 1.30. The molecule has 2 rings (SSSR count). The average molecular weight is 247 g/mol. The fourth-order valence-electron chi connectivity index (χ4n) is 2.83. The summed E-state index contributed by atoms with van der Waals surface area (Å²) in [6, 6.07) is 10.6. The second kappa shape index (κ2) is 6.79. The topological polar surface area (TPSA) is 23.5 Å². The predicted molar refractivity (Wildman–Crippen MR) is 76.9 cm³/mol. The zero-order chi connectivity index (χ0) is 12.8. The molecule has 1 aliphatic carbocycles. The number of rotatable bonds is 6. The van der Waals surface area contributed by atoms with Gasteiger partial charge in [-0.1, -0.05) is 38.0 Å². The van der Waals surface area contributed by atoms with Crippen LogP contribution in [0, 0.1) is 5.92 Å². The zero-order valence-corrected chi connectivity index (χ0v) is 11.4. The number of aliphatic hydroxyl groups is 1. The molecule has 0 radical (unpaired) electrons. The number of para-hydroxylation sites is 1. The van der Waals surface area contributed by atoms with E-state index < -0.39 is 0 Å². The fourth-order valence-corrected chi connectivity index (χ4v) is 2.83. The highest BCUT2D eigenvalue weighted by molar-refractivity contribution is 5.46. The minimum atomic E-state index is -0.0853. The van der Waals surface area contributed by atoms with Gasteiger partial charge in [-0.2, -0.15) is 0 Å². The van der Waals surface area contributed by atoms with Gasteiger partial charge in [-0.05, 0) is 31.4 Å². The lowest BCUT2D eigenvalue weighted by atomic mass is 10.0. The minimum Gasteiger partial charge on any atom is -0.393 e. The first-order chi connectivity index (χ1) is 8.81. The third-order valence-corrected chi connectivity index (χ3v) is 3.98. The molecule has 0 spiro atoms. The molecule has 2 heteroatoms. The van der Waals surface area contributed by atoms with Crippen LogP contribution in [0.25, 0.3) is 0 Å². The molecule has 18 heavy (non-hydrogen) atoms. The van der Waals surface area contributed by atoms with Crippen molar-refractivity contribution in [3.63, 3.8) is 0 Å². The van der Waals surface area contributed by atoms with E-state index in [4.69, 9.17) is 0 Å². The summed E-state index contributed by atoms with van der Waals surface area (Å²) in [4.78, 5) is 2.45. The van der Waals surface area contributed by atoms with Crippen LogP contribution in [0.3, 0.4) is 0 Å². The Bertz CT molecular complexity index is 338. The van der Waals surface area contributed by atoms with Crippen molar-refractivity contribution in [3.8, 4) is 0 Å². The van der Waals surface area contributed by atoms with Gasteiger partial charge in [0.1, 0.15) is 0 Å². The summed E-state index contributed by atoms with van der Waals surface area (Å²) in [6.45, 7) is 4.34. The third kappa shape index (κ3) is 3.49. The molecule has 0 aromatic heterocycles. The Hall–Kier alpha value is -1.02. The molecule has 1 fully saturated rings. The molecule has 0 heterocycles. The van der Waals surface area contributed by atoms with Gasteiger partial charge >= 0.3 is 0 Å². The van der Waals surface area contributed by atoms with E-state index in [2.05, 4.69) is 42.2 Å². The third-order valence-electron chi connectivity index (χ3n) is 3.98. The lowest BCUT2D eigenvalue weighted by Gasteiger charge is -2.29. The van der Waals surface area contributed by atoms with Crippen molar-refractivity contribution in [2.75, 3.05) is 18.0 Å². The summed E-state index contributed by atoms with van der Waals surface area (Å²) in [7, 11) is 0. The van der Waals surface area contributed by atoms with Gasteiger partial charge in [-0.3, -0.25) is 0 Å². The molecule has 1 aliphatic rings. The standard InChI is InChI=1S/C16H25NO/c1-2-3-12-17(15-9-5-4-6-10-15)13-14-8-7-11-16(14)18/h4-6,9-10,14,16,18H,2-3,7-8,11-13H2,1H3. The Morgan fingerprint density at radius 1 is 1.22 bits per heavy atom. The Balaban J connectivity index is 2.00. The van der Waals surface area contributed by atoms with E-state index in [0.717, 1.165) is 19.5 Å². The molecule has 2 atom stereocenters. The molecule has 1 saturated carbocycles. The van der Waals surface area contributed by atoms with Crippen LogP contribution in [0.2, 0.25) is 0 Å². The van der Waals surface area contributed by atoms with Crippen LogP contribution in [-0.4, -0.2) is 24.3 Å². The lowest BCUT2D eigenvalue weighted by molar-refractivity contribution is 0.135. The number of unbranched alkanes of at least 4 members (excludes halogenated alkanes) is 1. The van der Waals surface area contributed by atoms with E-state index in [1.54, 1.807) is 0 Å². The van der Waals surface area contributed by atoms with Crippen molar-refractivity contribution in [2.45, 2.75) is 45.1 Å². The maximum absolute atomic E-state index is 9.98. The SMILES string of the molecule is CCCCN(CC1CCCC1O)c1ccccc1. The van der Waals surface area contributed by atoms with Crippen molar-refractivity contribution in [1.29, 1.82) is 0 Å². The summed E-state index contributed by atoms with van der Waals surface area (Å²) >= 11 is 0. The Labute approximate surface area is 111 Å². The van der Waals surface area contributed by atoms with Crippen LogP contribution in [-0.2, 0) is 0 Å². The van der Waals surface area contributed by atoms with Crippen molar-refractivity contribution in [3.05, 3.63) is 30.3 Å². The normalized spacial score (nSPS) is 23.2. The molecule has 1 aromatic carbocycles. The first kappa shape index (κ1) is 13.4. The van der Waals surface area contributed by atoms with Crippen molar-refractivity contribution < 1.29 is 5.11 Å². The van der Waals surface area contributed by atoms with Crippen LogP contribution < -0.4 is 4.90 Å². The molecule has 0 amide bonds. The number of anilines is 1. The van der Waals surface area contributed by atoms with Gasteiger partial charge in [-0.25, -0.2) is 0 Å². The lowest BCUT2D eigenvalue weighted by Crippen LogP contribution is -2.33. The van der Waals surface area contributed by atoms with Crippen LogP contribution in [0.4, 0.5) is 5.69 Å². The highest BCUT2D eigenvalue weighted by Crippen LogP contribution is 2.28. The van der Waals surface area contributed by atoms with Gasteiger partial charge < -0.3 is 10.0 Å². The van der Waals surface area contributed by atoms with Gasteiger partial charge in [0.05, 0.1) is 6.10 Å². The van der Waals surface area contributed by atoms with E-state index >= 15 is 0 Å². The van der Waals surface area contributed by atoms with Crippen LogP contribution in [0.15, 0.2) is 30.3 Å². The molecular formula is C16H25NO. The summed E-state index contributed by atoms with van der Waals surface area (Å²) in [5.74, 6) is 0.460. The molecule has 100 valence electrons. The van der Waals surface area contributed by atoms with Crippen molar-refractivity contribution in [2.24, 2.45) is 5.92 Å². The Kier molecular flexibility index (Phi) is 5.06. The molecule has 0 aliphatic heterocycles. The van der Waals surface area contributed by atoms with Gasteiger partial charge in [-0.15, -0.1) is 0 Å². The highest BCUT2D eigenvalue weighted by atomic mass is 16.3. The van der Waals surface area contributed by atoms with Crippen molar-refractivity contribution >= 4 is 5.69 Å². The predicted octanol–water partition coefficient (Wildman–Crippen LogP) is 3.45. The first-order valence-electron chi connectivity index (χ1n) is 7.29. The second-order valence-corrected chi connectivity index (χ2v) is 5.39. The van der Waals surface area contributed by atoms with Gasteiger partial charge in [0, 0.05) is 24.7 Å². The van der Waals surface area contributed by atoms with Crippen LogP contribution in [0.1, 0.15) is 39.0 Å². The average Bonchev–Trinajstić information content (AvgIpc) is 2.81. The molecule has 2 nitrogen and oxygen atoms in total. The first-order valence-corrected chi connectivity index (χ1v) is 7.29. The molecule has 1 aromatic rings. The quantitative estimate of drug-likeness (QED) is 0.832. The maximum atomic E-state index is 9.98. The van der Waals surface area contributed by atoms with E-state index in [9.17, 15) is 5.11 Å². The van der Waals surface area contributed by atoms with Crippen LogP contribution in [0.5, 0.6) is 0 Å². The molecule has 1 N–H and O–H groups in total. The number of aliphatic hydroxyl groups excluding tert-OH is 1. The summed E-state index contributed by atoms with van der Waals surface area (Å²) in [6.07, 6.45) is 5.70.